The molecule has 0 atom stereocenters. The van der Waals surface area contributed by atoms with Crippen LogP contribution in [-0.2, 0) is 7.05 Å². The van der Waals surface area contributed by atoms with Crippen LogP contribution in [0.4, 0.5) is 5.69 Å². The van der Waals surface area contributed by atoms with Crippen LogP contribution < -0.4 is 10.9 Å². The van der Waals surface area contributed by atoms with E-state index in [0.717, 1.165) is 0 Å². The molecule has 66 valence electrons. The minimum absolute atomic E-state index is 0.189. The number of hydrogen-bond donors (Lipinski definition) is 1. The monoisotopic (exact) mass is 187 g/mol. The Hall–Kier alpha value is -1.03. The molecule has 0 saturated carbocycles. The van der Waals surface area contributed by atoms with E-state index >= 15 is 0 Å². The Labute approximate surface area is 75.2 Å². The minimum atomic E-state index is -0.282. The normalized spacial score (nSPS) is 9.92. The van der Waals surface area contributed by atoms with Gasteiger partial charge in [-0.05, 0) is 6.92 Å². The van der Waals surface area contributed by atoms with Crippen molar-refractivity contribution in [1.29, 1.82) is 0 Å². The van der Waals surface area contributed by atoms with E-state index in [-0.39, 0.29) is 10.6 Å². The first-order valence-corrected chi connectivity index (χ1v) is 4.00. The summed E-state index contributed by atoms with van der Waals surface area (Å²) < 4.78 is 1.20. The average Bonchev–Trinajstić information content (AvgIpc) is 2.07. The lowest BCUT2D eigenvalue weighted by molar-refractivity contribution is 0.708. The third-order valence-electron chi connectivity index (χ3n) is 1.45. The summed E-state index contributed by atoms with van der Waals surface area (Å²) in [5, 5.41) is 6.94. The highest BCUT2D eigenvalue weighted by Crippen LogP contribution is 2.13. The quantitative estimate of drug-likeness (QED) is 0.747. The van der Waals surface area contributed by atoms with E-state index in [4.69, 9.17) is 11.6 Å². The summed E-state index contributed by atoms with van der Waals surface area (Å²) in [5.41, 5.74) is 0.303. The van der Waals surface area contributed by atoms with Crippen molar-refractivity contribution in [3.63, 3.8) is 0 Å². The molecule has 0 aliphatic carbocycles. The van der Waals surface area contributed by atoms with E-state index in [1.165, 1.54) is 10.9 Å². The number of nitrogens with one attached hydrogen (secondary N) is 1. The molecule has 1 aromatic heterocycles. The van der Waals surface area contributed by atoms with Crippen LogP contribution in [-0.4, -0.2) is 16.3 Å². The zero-order valence-corrected chi connectivity index (χ0v) is 7.72. The van der Waals surface area contributed by atoms with Gasteiger partial charge in [-0.3, -0.25) is 4.79 Å². The Kier molecular flexibility index (Phi) is 2.70. The van der Waals surface area contributed by atoms with Crippen LogP contribution in [0.3, 0.4) is 0 Å². The number of aromatic nitrogens is 2. The van der Waals surface area contributed by atoms with Crippen molar-refractivity contribution in [2.24, 2.45) is 7.05 Å². The first kappa shape index (κ1) is 9.06. The maximum atomic E-state index is 11.2. The number of rotatable bonds is 2. The third-order valence-corrected chi connectivity index (χ3v) is 1.81. The Balaban J connectivity index is 3.18. The van der Waals surface area contributed by atoms with Crippen LogP contribution in [0, 0.1) is 0 Å². The van der Waals surface area contributed by atoms with Crippen LogP contribution >= 0.6 is 11.6 Å². The van der Waals surface area contributed by atoms with Crippen LogP contribution in [0.5, 0.6) is 0 Å². The summed E-state index contributed by atoms with van der Waals surface area (Å²) >= 11 is 5.74. The van der Waals surface area contributed by atoms with Crippen molar-refractivity contribution < 1.29 is 0 Å². The van der Waals surface area contributed by atoms with E-state index in [1.54, 1.807) is 7.05 Å². The lowest BCUT2D eigenvalue weighted by Gasteiger charge is -2.04. The van der Waals surface area contributed by atoms with E-state index in [0.29, 0.717) is 12.2 Å². The summed E-state index contributed by atoms with van der Waals surface area (Å²) in [6.07, 6.45) is 1.53. The van der Waals surface area contributed by atoms with E-state index < -0.39 is 0 Å². The SMILES string of the molecule is CCNc1cnn(C)c(=O)c1Cl. The fraction of sp³-hybridized carbons (Fsp3) is 0.429. The van der Waals surface area contributed by atoms with Crippen LogP contribution in [0.2, 0.25) is 5.02 Å². The molecule has 1 N–H and O–H groups in total. The molecule has 0 aromatic carbocycles. The van der Waals surface area contributed by atoms with Crippen molar-refractivity contribution in [2.75, 3.05) is 11.9 Å². The fourth-order valence-electron chi connectivity index (χ4n) is 0.824. The van der Waals surface area contributed by atoms with Gasteiger partial charge in [-0.25, -0.2) is 4.68 Å². The molecular weight excluding hydrogens is 178 g/mol. The average molecular weight is 188 g/mol. The Morgan fingerprint density at radius 3 is 3.00 bits per heavy atom. The second kappa shape index (κ2) is 3.58. The number of nitrogens with zero attached hydrogens (tertiary/aromatic N) is 2. The topological polar surface area (TPSA) is 46.9 Å². The smallest absolute Gasteiger partial charge is 0.287 e. The van der Waals surface area contributed by atoms with Crippen molar-refractivity contribution in [3.8, 4) is 0 Å². The molecule has 1 rings (SSSR count). The Morgan fingerprint density at radius 1 is 1.75 bits per heavy atom. The molecule has 5 heteroatoms. The highest BCUT2D eigenvalue weighted by Gasteiger charge is 2.04. The zero-order chi connectivity index (χ0) is 9.14. The van der Waals surface area contributed by atoms with Gasteiger partial charge in [0.25, 0.3) is 5.56 Å². The number of aryl methyl sites for hydroxylation is 1. The van der Waals surface area contributed by atoms with Gasteiger partial charge in [0.05, 0.1) is 11.9 Å². The van der Waals surface area contributed by atoms with Gasteiger partial charge in [0.2, 0.25) is 0 Å². The molecule has 0 aliphatic rings. The molecule has 1 heterocycles. The number of hydrogen-bond acceptors (Lipinski definition) is 3. The van der Waals surface area contributed by atoms with Gasteiger partial charge in [-0.2, -0.15) is 5.10 Å². The summed E-state index contributed by atoms with van der Waals surface area (Å²) in [5.74, 6) is 0. The van der Waals surface area contributed by atoms with E-state index in [2.05, 4.69) is 10.4 Å². The molecule has 0 fully saturated rings. The Morgan fingerprint density at radius 2 is 2.42 bits per heavy atom. The summed E-state index contributed by atoms with van der Waals surface area (Å²) in [7, 11) is 1.56. The maximum Gasteiger partial charge on any atom is 0.287 e. The van der Waals surface area contributed by atoms with Crippen molar-refractivity contribution in [2.45, 2.75) is 6.92 Å². The molecule has 0 unspecified atom stereocenters. The molecule has 0 radical (unpaired) electrons. The highest BCUT2D eigenvalue weighted by atomic mass is 35.5. The van der Waals surface area contributed by atoms with Gasteiger partial charge in [-0.1, -0.05) is 11.6 Å². The second-order valence-electron chi connectivity index (χ2n) is 2.33. The van der Waals surface area contributed by atoms with Gasteiger partial charge in [0.1, 0.15) is 5.02 Å². The molecule has 4 nitrogen and oxygen atoms in total. The first-order valence-electron chi connectivity index (χ1n) is 3.62. The molecule has 1 aromatic rings. The van der Waals surface area contributed by atoms with Crippen LogP contribution in [0.15, 0.2) is 11.0 Å². The van der Waals surface area contributed by atoms with Crippen molar-refractivity contribution >= 4 is 17.3 Å². The number of anilines is 1. The van der Waals surface area contributed by atoms with Gasteiger partial charge in [0, 0.05) is 13.6 Å². The lowest BCUT2D eigenvalue weighted by Crippen LogP contribution is -2.20. The number of halogens is 1. The maximum absolute atomic E-state index is 11.2. The Bertz CT molecular complexity index is 334. The third kappa shape index (κ3) is 1.58. The highest BCUT2D eigenvalue weighted by molar-refractivity contribution is 6.32. The van der Waals surface area contributed by atoms with Gasteiger partial charge < -0.3 is 5.32 Å². The predicted octanol–water partition coefficient (Wildman–Crippen LogP) is 0.865. The zero-order valence-electron chi connectivity index (χ0n) is 6.97. The standard InChI is InChI=1S/C7H10ClN3O/c1-3-9-5-4-10-11(2)7(12)6(5)8/h4,9H,3H2,1-2H3. The second-order valence-corrected chi connectivity index (χ2v) is 2.71. The molecule has 0 spiro atoms. The van der Waals surface area contributed by atoms with Crippen molar-refractivity contribution in [1.82, 2.24) is 9.78 Å². The minimum Gasteiger partial charge on any atom is -0.383 e. The lowest BCUT2D eigenvalue weighted by atomic mass is 10.4. The van der Waals surface area contributed by atoms with Crippen LogP contribution in [0.1, 0.15) is 6.92 Å². The van der Waals surface area contributed by atoms with Gasteiger partial charge in [0.15, 0.2) is 0 Å². The molecule has 0 aliphatic heterocycles. The molecule has 0 saturated heterocycles. The summed E-state index contributed by atoms with van der Waals surface area (Å²) in [6, 6.07) is 0. The first-order chi connectivity index (χ1) is 5.66. The molecule has 12 heavy (non-hydrogen) atoms. The fourth-order valence-corrected chi connectivity index (χ4v) is 1.06. The molecular formula is C7H10ClN3O. The molecule has 0 amide bonds. The van der Waals surface area contributed by atoms with Gasteiger partial charge in [-0.15, -0.1) is 0 Å². The van der Waals surface area contributed by atoms with Gasteiger partial charge >= 0.3 is 0 Å². The predicted molar refractivity (Wildman–Crippen MR) is 48.7 cm³/mol. The van der Waals surface area contributed by atoms with E-state index in [1.807, 2.05) is 6.92 Å². The van der Waals surface area contributed by atoms with Crippen molar-refractivity contribution in [3.05, 3.63) is 21.6 Å². The largest absolute Gasteiger partial charge is 0.383 e. The summed E-state index contributed by atoms with van der Waals surface area (Å²) in [4.78, 5) is 11.2. The molecule has 0 bridgehead atoms. The van der Waals surface area contributed by atoms with Crippen LogP contribution in [0.25, 0.3) is 0 Å². The summed E-state index contributed by atoms with van der Waals surface area (Å²) in [6.45, 7) is 2.64. The van der Waals surface area contributed by atoms with E-state index in [9.17, 15) is 4.79 Å².